The molecule has 0 amide bonds. The Balaban J connectivity index is 3.06. The summed E-state index contributed by atoms with van der Waals surface area (Å²) >= 11 is 0. The van der Waals surface area contributed by atoms with E-state index in [1.54, 1.807) is 0 Å². The van der Waals surface area contributed by atoms with E-state index in [0.29, 0.717) is 18.9 Å². The average molecular weight is 231 g/mol. The maximum absolute atomic E-state index is 8.66. The molecule has 1 rings (SSSR count). The number of aryl methyl sites for hydroxylation is 2. The highest BCUT2D eigenvalue weighted by atomic mass is 16.5. The smallest absolute Gasteiger partial charge is 0.125 e. The molecule has 0 radical (unpaired) electrons. The van der Waals surface area contributed by atoms with E-state index in [4.69, 9.17) is 10.00 Å². The van der Waals surface area contributed by atoms with Crippen LogP contribution in [0.15, 0.2) is 12.1 Å². The monoisotopic (exact) mass is 231 g/mol. The molecule has 0 bridgehead atoms. The third-order valence-electron chi connectivity index (χ3n) is 2.96. The molecule has 0 aliphatic heterocycles. The van der Waals surface area contributed by atoms with Crippen LogP contribution < -0.4 is 4.74 Å². The first kappa shape index (κ1) is 13.6. The summed E-state index contributed by atoms with van der Waals surface area (Å²) in [5.74, 6) is 1.37. The second-order valence-electron chi connectivity index (χ2n) is 4.53. The second-order valence-corrected chi connectivity index (χ2v) is 4.53. The van der Waals surface area contributed by atoms with Gasteiger partial charge in [-0.25, -0.2) is 0 Å². The van der Waals surface area contributed by atoms with Crippen molar-refractivity contribution in [3.05, 3.63) is 28.8 Å². The van der Waals surface area contributed by atoms with E-state index in [-0.39, 0.29) is 0 Å². The fourth-order valence-electron chi connectivity index (χ4n) is 2.13. The van der Waals surface area contributed by atoms with Crippen molar-refractivity contribution >= 4 is 0 Å². The van der Waals surface area contributed by atoms with Gasteiger partial charge in [0.15, 0.2) is 0 Å². The summed E-state index contributed by atoms with van der Waals surface area (Å²) in [5, 5.41) is 8.66. The van der Waals surface area contributed by atoms with E-state index in [0.717, 1.165) is 12.2 Å². The molecule has 0 heterocycles. The summed E-state index contributed by atoms with van der Waals surface area (Å²) in [4.78, 5) is 0. The quantitative estimate of drug-likeness (QED) is 0.764. The summed E-state index contributed by atoms with van der Waals surface area (Å²) in [6.07, 6.45) is 1.49. The molecule has 0 N–H and O–H groups in total. The van der Waals surface area contributed by atoms with Crippen molar-refractivity contribution in [2.24, 2.45) is 0 Å². The van der Waals surface area contributed by atoms with Gasteiger partial charge in [-0.3, -0.25) is 0 Å². The molecule has 0 saturated heterocycles. The van der Waals surface area contributed by atoms with Crippen LogP contribution in [0, 0.1) is 25.2 Å². The summed E-state index contributed by atoms with van der Waals surface area (Å²) in [6, 6.07) is 6.53. The Labute approximate surface area is 104 Å². The zero-order valence-electron chi connectivity index (χ0n) is 11.2. The minimum atomic E-state index is 0.370. The molecule has 0 aliphatic rings. The van der Waals surface area contributed by atoms with Gasteiger partial charge in [0.05, 0.1) is 12.7 Å². The van der Waals surface area contributed by atoms with Gasteiger partial charge in [-0.05, 0) is 44.2 Å². The molecular weight excluding hydrogens is 210 g/mol. The normalized spacial score (nSPS) is 11.9. The Kier molecular flexibility index (Phi) is 5.03. The second kappa shape index (κ2) is 6.30. The molecule has 2 nitrogen and oxygen atoms in total. The van der Waals surface area contributed by atoms with Crippen molar-refractivity contribution in [2.75, 3.05) is 6.61 Å². The van der Waals surface area contributed by atoms with E-state index in [2.05, 4.69) is 39.0 Å². The van der Waals surface area contributed by atoms with E-state index < -0.39 is 0 Å². The van der Waals surface area contributed by atoms with Crippen LogP contribution in [0.5, 0.6) is 5.75 Å². The van der Waals surface area contributed by atoms with Crippen LogP contribution in [0.1, 0.15) is 49.3 Å². The van der Waals surface area contributed by atoms with Gasteiger partial charge < -0.3 is 4.74 Å². The first-order chi connectivity index (χ1) is 8.10. The molecule has 1 atom stereocenters. The number of hydrogen-bond donors (Lipinski definition) is 0. The third-order valence-corrected chi connectivity index (χ3v) is 2.96. The number of rotatable bonds is 5. The molecule has 92 valence electrons. The Hall–Kier alpha value is -1.49. The van der Waals surface area contributed by atoms with Crippen LogP contribution in [-0.2, 0) is 0 Å². The summed E-state index contributed by atoms with van der Waals surface area (Å²) in [5.41, 5.74) is 3.68. The predicted octanol–water partition coefficient (Wildman–Crippen LogP) is 4.11. The lowest BCUT2D eigenvalue weighted by atomic mass is 9.92. The van der Waals surface area contributed by atoms with Crippen LogP contribution in [0.3, 0.4) is 0 Å². The van der Waals surface area contributed by atoms with Gasteiger partial charge in [0.2, 0.25) is 0 Å². The maximum atomic E-state index is 8.66. The minimum Gasteiger partial charge on any atom is -0.493 e. The zero-order chi connectivity index (χ0) is 12.8. The minimum absolute atomic E-state index is 0.370. The van der Waals surface area contributed by atoms with E-state index >= 15 is 0 Å². The fraction of sp³-hybridized carbons (Fsp3) is 0.533. The largest absolute Gasteiger partial charge is 0.493 e. The van der Waals surface area contributed by atoms with E-state index in [1.165, 1.54) is 16.7 Å². The van der Waals surface area contributed by atoms with Gasteiger partial charge in [-0.1, -0.05) is 24.6 Å². The number of nitriles is 1. The molecule has 2 heteroatoms. The van der Waals surface area contributed by atoms with Crippen molar-refractivity contribution < 1.29 is 4.74 Å². The van der Waals surface area contributed by atoms with Gasteiger partial charge in [0, 0.05) is 6.42 Å². The van der Waals surface area contributed by atoms with Crippen LogP contribution in [0.4, 0.5) is 0 Å². The van der Waals surface area contributed by atoms with Crippen molar-refractivity contribution in [3.8, 4) is 11.8 Å². The Bertz CT molecular complexity index is 418. The van der Waals surface area contributed by atoms with Gasteiger partial charge in [-0.15, -0.1) is 0 Å². The van der Waals surface area contributed by atoms with Gasteiger partial charge >= 0.3 is 0 Å². The van der Waals surface area contributed by atoms with Gasteiger partial charge in [0.1, 0.15) is 5.75 Å². The van der Waals surface area contributed by atoms with Crippen LogP contribution in [-0.4, -0.2) is 6.61 Å². The topological polar surface area (TPSA) is 33.0 Å². The first-order valence-electron chi connectivity index (χ1n) is 6.21. The number of nitrogens with zero attached hydrogens (tertiary/aromatic N) is 1. The standard InChI is InChI=1S/C15H21NO/c1-5-17-15-13(4)9-11(2)10-14(15)12(3)7-6-8-16/h9-10,12H,5-7H2,1-4H3. The lowest BCUT2D eigenvalue weighted by Crippen LogP contribution is -2.03. The predicted molar refractivity (Wildman–Crippen MR) is 70.3 cm³/mol. The molecule has 0 fully saturated rings. The van der Waals surface area contributed by atoms with Crippen molar-refractivity contribution in [2.45, 2.75) is 46.5 Å². The Morgan fingerprint density at radius 3 is 2.65 bits per heavy atom. The lowest BCUT2D eigenvalue weighted by Gasteiger charge is -2.18. The highest BCUT2D eigenvalue weighted by Gasteiger charge is 2.14. The Morgan fingerprint density at radius 2 is 2.06 bits per heavy atom. The first-order valence-corrected chi connectivity index (χ1v) is 6.21. The third kappa shape index (κ3) is 3.49. The summed E-state index contributed by atoms with van der Waals surface area (Å²) in [6.45, 7) is 9.03. The summed E-state index contributed by atoms with van der Waals surface area (Å²) in [7, 11) is 0. The highest BCUT2D eigenvalue weighted by molar-refractivity contribution is 5.45. The van der Waals surface area contributed by atoms with E-state index in [9.17, 15) is 0 Å². The molecule has 1 aromatic rings. The molecule has 1 aromatic carbocycles. The molecular formula is C15H21NO. The zero-order valence-corrected chi connectivity index (χ0v) is 11.2. The number of benzene rings is 1. The van der Waals surface area contributed by atoms with Crippen molar-refractivity contribution in [3.63, 3.8) is 0 Å². The lowest BCUT2D eigenvalue weighted by molar-refractivity contribution is 0.331. The number of hydrogen-bond acceptors (Lipinski definition) is 2. The molecule has 0 saturated carbocycles. The Morgan fingerprint density at radius 1 is 1.35 bits per heavy atom. The van der Waals surface area contributed by atoms with Crippen molar-refractivity contribution in [1.29, 1.82) is 5.26 Å². The SMILES string of the molecule is CCOc1c(C)cc(C)cc1C(C)CCC#N. The van der Waals surface area contributed by atoms with Gasteiger partial charge in [0.25, 0.3) is 0 Å². The molecule has 0 aromatic heterocycles. The number of ether oxygens (including phenoxy) is 1. The van der Waals surface area contributed by atoms with Crippen LogP contribution in [0.25, 0.3) is 0 Å². The van der Waals surface area contributed by atoms with Crippen LogP contribution >= 0.6 is 0 Å². The average Bonchev–Trinajstić information content (AvgIpc) is 2.29. The molecule has 1 unspecified atom stereocenters. The summed E-state index contributed by atoms with van der Waals surface area (Å²) < 4.78 is 5.74. The maximum Gasteiger partial charge on any atom is 0.125 e. The van der Waals surface area contributed by atoms with Gasteiger partial charge in [-0.2, -0.15) is 5.26 Å². The van der Waals surface area contributed by atoms with Crippen molar-refractivity contribution in [1.82, 2.24) is 0 Å². The molecule has 0 spiro atoms. The fourth-order valence-corrected chi connectivity index (χ4v) is 2.13. The highest BCUT2D eigenvalue weighted by Crippen LogP contribution is 2.33. The molecule has 17 heavy (non-hydrogen) atoms. The van der Waals surface area contributed by atoms with Crippen LogP contribution in [0.2, 0.25) is 0 Å². The van der Waals surface area contributed by atoms with E-state index in [1.807, 2.05) is 6.92 Å². The molecule has 0 aliphatic carbocycles.